The molecule has 1 unspecified atom stereocenters. The van der Waals surface area contributed by atoms with E-state index in [1.807, 2.05) is 0 Å². The van der Waals surface area contributed by atoms with Gasteiger partial charge in [0.1, 0.15) is 0 Å². The summed E-state index contributed by atoms with van der Waals surface area (Å²) in [6.45, 7) is 8.92. The summed E-state index contributed by atoms with van der Waals surface area (Å²) in [7, 11) is 1.69. The molecule has 0 aromatic rings. The number of rotatable bonds is 5. The Morgan fingerprint density at radius 3 is 2.47 bits per heavy atom. The molecule has 0 amide bonds. The van der Waals surface area contributed by atoms with Crippen molar-refractivity contribution < 1.29 is 4.74 Å². The first-order valence-electron chi connectivity index (χ1n) is 5.49. The Labute approximate surface area is 93.3 Å². The minimum absolute atomic E-state index is 0.0442. The standard InChI is InChI=1S/C11H25N3O/c1-6-7-9(8-15-5)13-10(12)14-11(2,3)4/h9H,6-8H2,1-5H3,(H3,12,13,14). The van der Waals surface area contributed by atoms with E-state index in [1.165, 1.54) is 0 Å². The van der Waals surface area contributed by atoms with E-state index >= 15 is 0 Å². The predicted molar refractivity (Wildman–Crippen MR) is 65.1 cm³/mol. The van der Waals surface area contributed by atoms with Crippen LogP contribution in [0.2, 0.25) is 0 Å². The van der Waals surface area contributed by atoms with E-state index < -0.39 is 0 Å². The summed E-state index contributed by atoms with van der Waals surface area (Å²) in [5.41, 5.74) is 5.76. The third kappa shape index (κ3) is 8.24. The van der Waals surface area contributed by atoms with Crippen molar-refractivity contribution in [1.82, 2.24) is 5.32 Å². The molecule has 0 heterocycles. The maximum atomic E-state index is 5.80. The number of nitrogens with one attached hydrogen (secondary N) is 1. The van der Waals surface area contributed by atoms with Crippen LogP contribution in [0.25, 0.3) is 0 Å². The van der Waals surface area contributed by atoms with Gasteiger partial charge in [-0.3, -0.25) is 0 Å². The first kappa shape index (κ1) is 14.2. The van der Waals surface area contributed by atoms with E-state index in [2.05, 4.69) is 38.0 Å². The molecule has 0 saturated heterocycles. The Morgan fingerprint density at radius 1 is 1.47 bits per heavy atom. The molecular weight excluding hydrogens is 190 g/mol. The van der Waals surface area contributed by atoms with Gasteiger partial charge in [0.15, 0.2) is 5.96 Å². The topological polar surface area (TPSA) is 59.6 Å². The molecule has 90 valence electrons. The van der Waals surface area contributed by atoms with Gasteiger partial charge in [0, 0.05) is 12.6 Å². The molecule has 0 bridgehead atoms. The van der Waals surface area contributed by atoms with E-state index in [0.717, 1.165) is 12.8 Å². The third-order valence-electron chi connectivity index (χ3n) is 1.81. The van der Waals surface area contributed by atoms with Gasteiger partial charge in [0.2, 0.25) is 0 Å². The average Bonchev–Trinajstić information content (AvgIpc) is 2.00. The van der Waals surface area contributed by atoms with Crippen LogP contribution >= 0.6 is 0 Å². The summed E-state index contributed by atoms with van der Waals surface area (Å²) in [4.78, 5) is 4.40. The molecule has 0 aliphatic carbocycles. The molecule has 0 spiro atoms. The largest absolute Gasteiger partial charge is 0.382 e. The van der Waals surface area contributed by atoms with E-state index in [4.69, 9.17) is 10.5 Å². The molecule has 0 aliphatic rings. The quantitative estimate of drug-likeness (QED) is 0.540. The maximum Gasteiger partial charge on any atom is 0.189 e. The van der Waals surface area contributed by atoms with Crippen LogP contribution in [0.5, 0.6) is 0 Å². The zero-order valence-corrected chi connectivity index (χ0v) is 10.6. The van der Waals surface area contributed by atoms with Crippen LogP contribution in [0.4, 0.5) is 0 Å². The van der Waals surface area contributed by atoms with Crippen molar-refractivity contribution in [2.75, 3.05) is 13.7 Å². The smallest absolute Gasteiger partial charge is 0.189 e. The summed E-state index contributed by atoms with van der Waals surface area (Å²) in [5, 5.41) is 3.14. The number of ether oxygens (including phenoxy) is 1. The Hall–Kier alpha value is -0.770. The molecule has 3 N–H and O–H groups in total. The van der Waals surface area contributed by atoms with Crippen molar-refractivity contribution in [2.24, 2.45) is 10.7 Å². The highest BCUT2D eigenvalue weighted by atomic mass is 16.5. The van der Waals surface area contributed by atoms with Gasteiger partial charge in [-0.05, 0) is 27.2 Å². The molecule has 0 radical (unpaired) electrons. The van der Waals surface area contributed by atoms with E-state index in [0.29, 0.717) is 12.6 Å². The minimum atomic E-state index is -0.0442. The second-order valence-electron chi connectivity index (χ2n) is 4.79. The molecule has 0 aromatic carbocycles. The third-order valence-corrected chi connectivity index (χ3v) is 1.81. The fourth-order valence-corrected chi connectivity index (χ4v) is 1.32. The highest BCUT2D eigenvalue weighted by molar-refractivity contribution is 5.78. The van der Waals surface area contributed by atoms with Gasteiger partial charge in [-0.2, -0.15) is 0 Å². The zero-order chi connectivity index (χ0) is 11.9. The normalized spacial score (nSPS) is 15.1. The molecule has 0 saturated carbocycles. The van der Waals surface area contributed by atoms with Crippen LogP contribution in [0.1, 0.15) is 40.5 Å². The Balaban J connectivity index is 4.26. The molecule has 0 aromatic heterocycles. The number of hydrogen-bond acceptors (Lipinski definition) is 2. The molecule has 15 heavy (non-hydrogen) atoms. The molecule has 4 heteroatoms. The van der Waals surface area contributed by atoms with Crippen LogP contribution in [0, 0.1) is 0 Å². The molecule has 1 atom stereocenters. The highest BCUT2D eigenvalue weighted by Gasteiger charge is 2.12. The first-order chi connectivity index (χ1) is 6.89. The van der Waals surface area contributed by atoms with Crippen LogP contribution in [-0.2, 0) is 4.74 Å². The van der Waals surface area contributed by atoms with Crippen molar-refractivity contribution in [3.8, 4) is 0 Å². The van der Waals surface area contributed by atoms with E-state index in [9.17, 15) is 0 Å². The van der Waals surface area contributed by atoms with Crippen molar-refractivity contribution in [2.45, 2.75) is 52.1 Å². The van der Waals surface area contributed by atoms with E-state index in [1.54, 1.807) is 7.11 Å². The maximum absolute atomic E-state index is 5.80. The van der Waals surface area contributed by atoms with Gasteiger partial charge in [-0.25, -0.2) is 4.99 Å². The Morgan fingerprint density at radius 2 is 2.07 bits per heavy atom. The van der Waals surface area contributed by atoms with Gasteiger partial charge in [-0.1, -0.05) is 13.3 Å². The number of guanidine groups is 1. The van der Waals surface area contributed by atoms with Crippen molar-refractivity contribution in [1.29, 1.82) is 0 Å². The zero-order valence-electron chi connectivity index (χ0n) is 10.6. The lowest BCUT2D eigenvalue weighted by Crippen LogP contribution is -2.45. The summed E-state index contributed by atoms with van der Waals surface area (Å²) in [6.07, 6.45) is 2.08. The summed E-state index contributed by atoms with van der Waals surface area (Å²) >= 11 is 0. The van der Waals surface area contributed by atoms with Gasteiger partial charge in [0.25, 0.3) is 0 Å². The molecular formula is C11H25N3O. The SMILES string of the molecule is CCCC(COC)N=C(N)NC(C)(C)C. The van der Waals surface area contributed by atoms with Crippen LogP contribution in [0.15, 0.2) is 4.99 Å². The molecule has 4 nitrogen and oxygen atoms in total. The summed E-state index contributed by atoms with van der Waals surface area (Å²) < 4.78 is 5.10. The van der Waals surface area contributed by atoms with Crippen LogP contribution in [0.3, 0.4) is 0 Å². The number of hydrogen-bond donors (Lipinski definition) is 2. The minimum Gasteiger partial charge on any atom is -0.382 e. The van der Waals surface area contributed by atoms with Gasteiger partial charge in [-0.15, -0.1) is 0 Å². The fourth-order valence-electron chi connectivity index (χ4n) is 1.32. The lowest BCUT2D eigenvalue weighted by Gasteiger charge is -2.22. The monoisotopic (exact) mass is 215 g/mol. The lowest BCUT2D eigenvalue weighted by atomic mass is 10.1. The van der Waals surface area contributed by atoms with E-state index in [-0.39, 0.29) is 11.6 Å². The number of methoxy groups -OCH3 is 1. The second-order valence-corrected chi connectivity index (χ2v) is 4.79. The number of nitrogens with two attached hydrogens (primary N) is 1. The summed E-state index contributed by atoms with van der Waals surface area (Å²) in [5.74, 6) is 0.498. The Kier molecular flexibility index (Phi) is 6.32. The van der Waals surface area contributed by atoms with Crippen molar-refractivity contribution >= 4 is 5.96 Å². The fraction of sp³-hybridized carbons (Fsp3) is 0.909. The second kappa shape index (κ2) is 6.67. The molecule has 0 aliphatic heterocycles. The van der Waals surface area contributed by atoms with Gasteiger partial charge >= 0.3 is 0 Å². The van der Waals surface area contributed by atoms with Gasteiger partial charge in [0.05, 0.1) is 12.6 Å². The highest BCUT2D eigenvalue weighted by Crippen LogP contribution is 2.03. The van der Waals surface area contributed by atoms with Gasteiger partial charge < -0.3 is 15.8 Å². The van der Waals surface area contributed by atoms with Crippen LogP contribution in [-0.4, -0.2) is 31.3 Å². The lowest BCUT2D eigenvalue weighted by molar-refractivity contribution is 0.177. The van der Waals surface area contributed by atoms with Crippen molar-refractivity contribution in [3.63, 3.8) is 0 Å². The molecule has 0 rings (SSSR count). The average molecular weight is 215 g/mol. The van der Waals surface area contributed by atoms with Crippen LogP contribution < -0.4 is 11.1 Å². The first-order valence-corrected chi connectivity index (χ1v) is 5.49. The number of aliphatic imine (C=N–C) groups is 1. The number of nitrogens with zero attached hydrogens (tertiary/aromatic N) is 1. The Bertz CT molecular complexity index is 190. The predicted octanol–water partition coefficient (Wildman–Crippen LogP) is 1.50. The molecule has 0 fully saturated rings. The summed E-state index contributed by atoms with van der Waals surface area (Å²) in [6, 6.07) is 0.162. The van der Waals surface area contributed by atoms with Crippen molar-refractivity contribution in [3.05, 3.63) is 0 Å².